The molecule has 1 fully saturated rings. The number of carbonyl (C=O) groups is 12. The molecule has 1 heterocycles. The number of rotatable bonds is 20. The maximum atomic E-state index is 15.3. The van der Waals surface area contributed by atoms with E-state index in [1.807, 2.05) is 41.5 Å². The Hall–Kier alpha value is -6.44. The summed E-state index contributed by atoms with van der Waals surface area (Å²) in [6.07, 6.45) is 1.72. The van der Waals surface area contributed by atoms with E-state index < -0.39 is 161 Å². The minimum atomic E-state index is -1.66. The van der Waals surface area contributed by atoms with Crippen LogP contribution in [-0.4, -0.2) is 250 Å². The highest BCUT2D eigenvalue weighted by molar-refractivity contribution is 5.99. The molecule has 0 saturated carbocycles. The van der Waals surface area contributed by atoms with Crippen LogP contribution in [0.2, 0.25) is 0 Å². The van der Waals surface area contributed by atoms with Crippen molar-refractivity contribution in [2.24, 2.45) is 35.5 Å². The van der Waals surface area contributed by atoms with E-state index in [4.69, 9.17) is 0 Å². The van der Waals surface area contributed by atoms with E-state index in [1.54, 1.807) is 41.5 Å². The van der Waals surface area contributed by atoms with Crippen molar-refractivity contribution < 1.29 is 67.7 Å². The van der Waals surface area contributed by atoms with E-state index in [9.17, 15) is 48.6 Å². The summed E-state index contributed by atoms with van der Waals surface area (Å²) >= 11 is 0. The van der Waals surface area contributed by atoms with Crippen LogP contribution < -0.4 is 26.6 Å². The van der Waals surface area contributed by atoms with Crippen LogP contribution >= 0.6 is 0 Å². The molecule has 1 aliphatic heterocycles. The number of aliphatic hydroxyl groups is 2. The van der Waals surface area contributed by atoms with Gasteiger partial charge in [0.2, 0.25) is 70.9 Å². The molecule has 0 unspecified atom stereocenters. The van der Waals surface area contributed by atoms with E-state index in [2.05, 4.69) is 26.6 Å². The zero-order chi connectivity index (χ0) is 71.3. The lowest BCUT2D eigenvalue weighted by molar-refractivity contribution is -0.157. The van der Waals surface area contributed by atoms with Gasteiger partial charge >= 0.3 is 0 Å². The van der Waals surface area contributed by atoms with Crippen molar-refractivity contribution in [3.8, 4) is 0 Å². The molecule has 26 nitrogen and oxygen atoms in total. The van der Waals surface area contributed by atoms with Crippen molar-refractivity contribution in [2.45, 2.75) is 254 Å². The predicted octanol–water partition coefficient (Wildman–Crippen LogP) is 2.50. The van der Waals surface area contributed by atoms with Gasteiger partial charge in [-0.2, -0.15) is 0 Å². The molecule has 12 amide bonds. The summed E-state index contributed by atoms with van der Waals surface area (Å²) in [6, 6.07) is -13.0. The Balaban J connectivity index is 4.34. The van der Waals surface area contributed by atoms with Crippen LogP contribution in [0.25, 0.3) is 0 Å². The third-order valence-electron chi connectivity index (χ3n) is 17.3. The Bertz CT molecular complexity index is 2500. The molecule has 92 heavy (non-hydrogen) atoms. The first-order valence-corrected chi connectivity index (χ1v) is 33.1. The molecule has 1 saturated heterocycles. The van der Waals surface area contributed by atoms with Crippen molar-refractivity contribution in [2.75, 3.05) is 62.4 Å². The van der Waals surface area contributed by atoms with Gasteiger partial charge in [0.15, 0.2) is 0 Å². The summed E-state index contributed by atoms with van der Waals surface area (Å²) in [5.41, 5.74) is -1.56. The molecule has 0 aromatic heterocycles. The Morgan fingerprint density at radius 3 is 1.46 bits per heavy atom. The third-order valence-corrected chi connectivity index (χ3v) is 17.3. The van der Waals surface area contributed by atoms with Crippen LogP contribution in [0, 0.1) is 35.5 Å². The van der Waals surface area contributed by atoms with Crippen molar-refractivity contribution in [3.63, 3.8) is 0 Å². The van der Waals surface area contributed by atoms with Gasteiger partial charge in [0.1, 0.15) is 60.4 Å². The molecule has 0 aliphatic carbocycles. The van der Waals surface area contributed by atoms with Crippen LogP contribution in [0.4, 0.5) is 0 Å². The smallest absolute Gasteiger partial charge is 0.246 e. The number of unbranched alkanes of at least 4 members (excludes halogenated alkanes) is 3. The van der Waals surface area contributed by atoms with Gasteiger partial charge in [0.25, 0.3) is 0 Å². The van der Waals surface area contributed by atoms with Gasteiger partial charge in [-0.3, -0.25) is 57.5 Å². The zero-order valence-corrected chi connectivity index (χ0v) is 60.2. The lowest BCUT2D eigenvalue weighted by Gasteiger charge is -2.41. The van der Waals surface area contributed by atoms with Gasteiger partial charge in [-0.05, 0) is 102 Å². The fourth-order valence-corrected chi connectivity index (χ4v) is 11.6. The highest BCUT2D eigenvalue weighted by Crippen LogP contribution is 2.26. The molecule has 1 rings (SSSR count). The van der Waals surface area contributed by atoms with Crippen LogP contribution in [0.3, 0.4) is 0 Å². The lowest BCUT2D eigenvalue weighted by Crippen LogP contribution is -2.63. The van der Waals surface area contributed by atoms with Crippen LogP contribution in [0.15, 0.2) is 0 Å². The monoisotopic (exact) mass is 1300 g/mol. The SMILES string of the molecule is CC[C@H]1NC(=O)[C@H]([C@H](O)[C@H](C)CCCCCCNC(C)=O)N(C)C(=O)[C@@H](C(C)C)N(C)C(=O)[C@@H](CC(C)C)N(C)C(=O)[C@@H](CC(C)C)N(C)C(=O)[C@H](C)NC(=O)[C@@H](C)NC(=O)[C@@H](CC(C)C)N(C)C(=O)[C@@H](C(C)C)NC(=O)[C@H](CC(C)(C)O)N(C)C(=O)CN(C)C1=O. The summed E-state index contributed by atoms with van der Waals surface area (Å²) in [4.78, 5) is 181. The van der Waals surface area contributed by atoms with Gasteiger partial charge in [-0.15, -0.1) is 0 Å². The lowest BCUT2D eigenvalue weighted by atomic mass is 9.90. The fourth-order valence-electron chi connectivity index (χ4n) is 11.6. The number of nitrogens with one attached hydrogen (secondary N) is 5. The van der Waals surface area contributed by atoms with E-state index in [1.165, 1.54) is 104 Å². The minimum absolute atomic E-state index is 0.0275. The molecule has 0 aromatic rings. The molecular formula is C66H120N12O14. The average Bonchev–Trinajstić information content (AvgIpc) is 1.11. The second kappa shape index (κ2) is 38.1. The van der Waals surface area contributed by atoms with E-state index in [0.29, 0.717) is 19.4 Å². The molecule has 12 atom stereocenters. The second-order valence-electron chi connectivity index (χ2n) is 28.4. The Morgan fingerprint density at radius 1 is 0.522 bits per heavy atom. The number of amides is 12. The van der Waals surface area contributed by atoms with Crippen molar-refractivity contribution in [1.82, 2.24) is 60.9 Å². The van der Waals surface area contributed by atoms with Crippen molar-refractivity contribution >= 4 is 70.9 Å². The van der Waals surface area contributed by atoms with Crippen LogP contribution in [-0.2, 0) is 57.5 Å². The van der Waals surface area contributed by atoms with Crippen molar-refractivity contribution in [3.05, 3.63) is 0 Å². The molecule has 7 N–H and O–H groups in total. The van der Waals surface area contributed by atoms with Crippen molar-refractivity contribution in [1.29, 1.82) is 0 Å². The number of hydrogen-bond donors (Lipinski definition) is 7. The van der Waals surface area contributed by atoms with Crippen LogP contribution in [0.5, 0.6) is 0 Å². The van der Waals surface area contributed by atoms with Crippen LogP contribution in [0.1, 0.15) is 182 Å². The van der Waals surface area contributed by atoms with Gasteiger partial charge in [-0.1, -0.05) is 102 Å². The Labute approximate surface area is 549 Å². The first-order chi connectivity index (χ1) is 42.4. The number of hydrogen-bond acceptors (Lipinski definition) is 14. The zero-order valence-electron chi connectivity index (χ0n) is 60.2. The normalized spacial score (nSPS) is 25.7. The van der Waals surface area contributed by atoms with Gasteiger partial charge in [-0.25, -0.2) is 0 Å². The topological polar surface area (TPSA) is 328 Å². The largest absolute Gasteiger partial charge is 0.390 e. The van der Waals surface area contributed by atoms with E-state index in [0.717, 1.165) is 34.0 Å². The first-order valence-electron chi connectivity index (χ1n) is 33.1. The Morgan fingerprint density at radius 2 is 0.978 bits per heavy atom. The number of nitrogens with zero attached hydrogens (tertiary/aromatic N) is 7. The highest BCUT2D eigenvalue weighted by Gasteiger charge is 2.46. The summed E-state index contributed by atoms with van der Waals surface area (Å²) in [6.45, 7) is 28.3. The molecule has 0 aromatic carbocycles. The first kappa shape index (κ1) is 83.6. The standard InChI is InChI=1S/C66H120N12O14/c1-25-46-61(87)72(18)36-51(80)73(19)50(35-66(16,17)92)58(84)71-52(40(8)9)64(90)74(20)47(32-37(2)3)57(83)68-43(13)56(82)69-44(14)60(86)75(21)48(33-38(4)5)62(88)76(22)49(34-39(6)7)63(89)77(23)53(41(10)11)65(91)78(24)54(59(85)70-46)55(81)42(12)30-28-26-27-29-31-67-45(15)79/h37-44,46-50,52-55,81,92H,25-36H2,1-24H3,(H,67,79)(H,68,83)(H,69,82)(H,70,85)(H,71,84)/t42-,43-,44+,46-,47-,48-,49-,50+,52-,53-,54+,55-/m1/s1. The molecule has 0 bridgehead atoms. The van der Waals surface area contributed by atoms with E-state index in [-0.39, 0.29) is 55.8 Å². The Kier molecular flexibility index (Phi) is 34.6. The number of likely N-dealkylation sites (N-methyl/N-ethyl adjacent to an activating group) is 7. The molecule has 26 heteroatoms. The summed E-state index contributed by atoms with van der Waals surface area (Å²) in [5, 5.41) is 37.1. The number of aliphatic hydroxyl groups excluding tert-OH is 1. The number of carbonyl (C=O) groups excluding carboxylic acids is 12. The summed E-state index contributed by atoms with van der Waals surface area (Å²) in [5.74, 6) is -10.5. The molecule has 0 spiro atoms. The predicted molar refractivity (Wildman–Crippen MR) is 352 cm³/mol. The summed E-state index contributed by atoms with van der Waals surface area (Å²) < 4.78 is 0. The molecular weight excluding hydrogens is 1180 g/mol. The molecule has 528 valence electrons. The highest BCUT2D eigenvalue weighted by atomic mass is 16.3. The molecule has 1 aliphatic rings. The molecule has 0 radical (unpaired) electrons. The minimum Gasteiger partial charge on any atom is -0.390 e. The average molecular weight is 1310 g/mol. The summed E-state index contributed by atoms with van der Waals surface area (Å²) in [7, 11) is 9.67. The fraction of sp³-hybridized carbons (Fsp3) is 0.818. The third kappa shape index (κ3) is 25.1. The van der Waals surface area contributed by atoms with Gasteiger partial charge < -0.3 is 71.1 Å². The second-order valence-corrected chi connectivity index (χ2v) is 28.4. The maximum Gasteiger partial charge on any atom is 0.246 e. The maximum absolute atomic E-state index is 15.3. The van der Waals surface area contributed by atoms with E-state index >= 15 is 19.2 Å². The van der Waals surface area contributed by atoms with Gasteiger partial charge in [0.05, 0.1) is 18.2 Å². The van der Waals surface area contributed by atoms with Gasteiger partial charge in [0, 0.05) is 69.2 Å². The quantitative estimate of drug-likeness (QED) is 0.0862.